The molecule has 1 N–H and O–H groups in total. The van der Waals surface area contributed by atoms with E-state index in [0.717, 1.165) is 5.39 Å². The number of anilines is 2. The van der Waals surface area contributed by atoms with Crippen molar-refractivity contribution < 1.29 is 14.3 Å². The number of hydrogen-bond donors (Lipinski definition) is 1. The molecular formula is C29H30ClN5O4. The Hall–Kier alpha value is -4.11. The zero-order valence-electron chi connectivity index (χ0n) is 22.3. The number of pyridine rings is 1. The van der Waals surface area contributed by atoms with Gasteiger partial charge in [-0.25, -0.2) is 14.8 Å². The van der Waals surface area contributed by atoms with Crippen molar-refractivity contribution in [3.05, 3.63) is 82.0 Å². The van der Waals surface area contributed by atoms with Gasteiger partial charge < -0.3 is 14.8 Å². The minimum absolute atomic E-state index is 0.221. The fourth-order valence-electron chi connectivity index (χ4n) is 4.57. The van der Waals surface area contributed by atoms with Crippen molar-refractivity contribution in [2.45, 2.75) is 45.8 Å². The minimum atomic E-state index is -0.660. The molecule has 1 aliphatic rings. The van der Waals surface area contributed by atoms with Crippen molar-refractivity contribution in [1.82, 2.24) is 14.5 Å². The molecule has 3 heterocycles. The number of fused-ring (bicyclic) bond motifs is 2. The smallest absolute Gasteiger partial charge is 0.416 e. The number of hydrogen-bond acceptors (Lipinski definition) is 7. The summed E-state index contributed by atoms with van der Waals surface area (Å²) in [7, 11) is 0. The molecule has 9 nitrogen and oxygen atoms in total. The lowest BCUT2D eigenvalue weighted by Crippen LogP contribution is -2.37. The van der Waals surface area contributed by atoms with E-state index < -0.39 is 17.7 Å². The van der Waals surface area contributed by atoms with Crippen molar-refractivity contribution in [3.63, 3.8) is 0 Å². The number of rotatable bonds is 4. The maximum atomic E-state index is 13.8. The predicted molar refractivity (Wildman–Crippen MR) is 152 cm³/mol. The Labute approximate surface area is 231 Å². The summed E-state index contributed by atoms with van der Waals surface area (Å²) >= 11 is 6.45. The Morgan fingerprint density at radius 1 is 1.13 bits per heavy atom. The van der Waals surface area contributed by atoms with E-state index in [4.69, 9.17) is 21.1 Å². The van der Waals surface area contributed by atoms with Crippen LogP contribution in [0.1, 0.15) is 45.9 Å². The summed E-state index contributed by atoms with van der Waals surface area (Å²) in [6.07, 6.45) is 1.48. The molecule has 0 radical (unpaired) electrons. The molecular weight excluding hydrogens is 518 g/mol. The summed E-state index contributed by atoms with van der Waals surface area (Å²) < 4.78 is 13.3. The minimum Gasteiger partial charge on any atom is -0.486 e. The second-order valence-corrected chi connectivity index (χ2v) is 10.7. The molecule has 1 aliphatic heterocycles. The molecule has 0 saturated carbocycles. The summed E-state index contributed by atoms with van der Waals surface area (Å²) in [5.74, 6) is 1.09. The molecule has 1 atom stereocenters. The number of carbonyl (C=O) groups is 1. The van der Waals surface area contributed by atoms with Gasteiger partial charge in [0, 0.05) is 17.9 Å². The maximum Gasteiger partial charge on any atom is 0.416 e. The van der Waals surface area contributed by atoms with Gasteiger partial charge in [-0.05, 0) is 63.8 Å². The molecule has 2 aromatic heterocycles. The van der Waals surface area contributed by atoms with E-state index in [-0.39, 0.29) is 5.56 Å². The fourth-order valence-corrected chi connectivity index (χ4v) is 4.83. The number of para-hydroxylation sites is 1. The van der Waals surface area contributed by atoms with Crippen molar-refractivity contribution >= 4 is 40.1 Å². The molecule has 39 heavy (non-hydrogen) atoms. The van der Waals surface area contributed by atoms with Gasteiger partial charge >= 0.3 is 6.09 Å². The molecule has 202 valence electrons. The number of halogens is 1. The highest BCUT2D eigenvalue weighted by Gasteiger charge is 2.31. The summed E-state index contributed by atoms with van der Waals surface area (Å²) in [4.78, 5) is 37.0. The predicted octanol–water partition coefficient (Wildman–Crippen LogP) is 6.13. The zero-order chi connectivity index (χ0) is 27.7. The van der Waals surface area contributed by atoms with E-state index in [9.17, 15) is 9.59 Å². The van der Waals surface area contributed by atoms with Crippen LogP contribution >= 0.6 is 11.6 Å². The van der Waals surface area contributed by atoms with Crippen LogP contribution in [0.5, 0.6) is 5.75 Å². The van der Waals surface area contributed by atoms with E-state index >= 15 is 0 Å². The number of ether oxygens (including phenoxy) is 2. The molecule has 2 aromatic carbocycles. The van der Waals surface area contributed by atoms with Gasteiger partial charge in [0.25, 0.3) is 5.56 Å². The van der Waals surface area contributed by atoms with E-state index in [1.807, 2.05) is 76.2 Å². The van der Waals surface area contributed by atoms with E-state index in [0.29, 0.717) is 58.7 Å². The molecule has 0 aliphatic carbocycles. The van der Waals surface area contributed by atoms with E-state index in [2.05, 4.69) is 15.3 Å². The van der Waals surface area contributed by atoms with Crippen LogP contribution in [-0.2, 0) is 4.74 Å². The number of nitrogens with zero attached hydrogens (tertiary/aromatic N) is 4. The lowest BCUT2D eigenvalue weighted by Gasteiger charge is -2.27. The van der Waals surface area contributed by atoms with Crippen LogP contribution < -0.4 is 20.5 Å². The summed E-state index contributed by atoms with van der Waals surface area (Å²) in [5, 5.41) is 4.97. The van der Waals surface area contributed by atoms with Gasteiger partial charge in [-0.15, -0.1) is 0 Å². The number of benzene rings is 2. The highest BCUT2D eigenvalue weighted by Crippen LogP contribution is 2.37. The number of carbonyl (C=O) groups excluding carboxylic acids is 1. The third-order valence-corrected chi connectivity index (χ3v) is 6.58. The quantitative estimate of drug-likeness (QED) is 0.328. The van der Waals surface area contributed by atoms with Gasteiger partial charge in [-0.3, -0.25) is 14.3 Å². The monoisotopic (exact) mass is 547 g/mol. The van der Waals surface area contributed by atoms with Crippen LogP contribution in [0.3, 0.4) is 0 Å². The molecule has 10 heteroatoms. The molecule has 0 fully saturated rings. The molecule has 4 aromatic rings. The summed E-state index contributed by atoms with van der Waals surface area (Å²) in [5.41, 5.74) is 0.530. The van der Waals surface area contributed by atoms with Crippen LogP contribution in [0.4, 0.5) is 16.4 Å². The Bertz CT molecular complexity index is 1580. The van der Waals surface area contributed by atoms with Crippen LogP contribution in [0.15, 0.2) is 65.7 Å². The first-order chi connectivity index (χ1) is 18.6. The van der Waals surface area contributed by atoms with Gasteiger partial charge in [0.2, 0.25) is 5.75 Å². The molecule has 1 amide bonds. The van der Waals surface area contributed by atoms with Gasteiger partial charge in [0.1, 0.15) is 11.9 Å². The third kappa shape index (κ3) is 5.40. The van der Waals surface area contributed by atoms with E-state index in [1.54, 1.807) is 10.6 Å². The van der Waals surface area contributed by atoms with E-state index in [1.165, 1.54) is 11.2 Å². The Balaban J connectivity index is 1.58. The first-order valence-electron chi connectivity index (χ1n) is 12.8. The Morgan fingerprint density at radius 3 is 2.64 bits per heavy atom. The number of amides is 1. The topological polar surface area (TPSA) is 98.6 Å². The van der Waals surface area contributed by atoms with Crippen molar-refractivity contribution in [3.8, 4) is 11.4 Å². The van der Waals surface area contributed by atoms with Crippen LogP contribution in [0.25, 0.3) is 16.5 Å². The zero-order valence-corrected chi connectivity index (χ0v) is 23.0. The SMILES string of the molecule is C[C@H](Nc1ncnc2c1OCCCN2C(=O)OC(C)(C)C)c1cc2cccc(Cl)c2c(=O)n1-c1ccccc1. The normalized spacial score (nSPS) is 14.2. The third-order valence-electron chi connectivity index (χ3n) is 6.26. The highest BCUT2D eigenvalue weighted by atomic mass is 35.5. The van der Waals surface area contributed by atoms with Gasteiger partial charge in [-0.2, -0.15) is 0 Å². The molecule has 0 spiro atoms. The summed E-state index contributed by atoms with van der Waals surface area (Å²) in [6.45, 7) is 8.16. The first-order valence-corrected chi connectivity index (χ1v) is 13.2. The average molecular weight is 548 g/mol. The fraction of sp³-hybridized carbons (Fsp3) is 0.310. The Kier molecular flexibility index (Phi) is 7.18. The average Bonchev–Trinajstić information content (AvgIpc) is 3.11. The molecule has 0 bridgehead atoms. The van der Waals surface area contributed by atoms with Gasteiger partial charge in [-0.1, -0.05) is 41.9 Å². The number of nitrogens with one attached hydrogen (secondary N) is 1. The van der Waals surface area contributed by atoms with Crippen LogP contribution in [-0.4, -0.2) is 39.4 Å². The maximum absolute atomic E-state index is 13.8. The summed E-state index contributed by atoms with van der Waals surface area (Å²) in [6, 6.07) is 16.4. The lowest BCUT2D eigenvalue weighted by molar-refractivity contribution is 0.0579. The van der Waals surface area contributed by atoms with Gasteiger partial charge in [0.05, 0.1) is 23.1 Å². The standard InChI is InChI=1S/C29H30ClN5O4/c1-18(22-16-19-10-8-13-21(30)23(19)27(36)35(22)20-11-6-5-7-12-20)33-25-24-26(32-17-31-25)34(14-9-15-38-24)28(37)39-29(2,3)4/h5-8,10-13,16-18H,9,14-15H2,1-4H3,(H,31,32,33)/t18-/m0/s1. The largest absolute Gasteiger partial charge is 0.486 e. The molecule has 0 saturated heterocycles. The first kappa shape index (κ1) is 26.5. The van der Waals surface area contributed by atoms with Crippen molar-refractivity contribution in [1.29, 1.82) is 0 Å². The molecule has 0 unspecified atom stereocenters. The second kappa shape index (κ2) is 10.6. The van der Waals surface area contributed by atoms with Crippen LogP contribution in [0, 0.1) is 0 Å². The number of aromatic nitrogens is 3. The second-order valence-electron chi connectivity index (χ2n) is 10.3. The van der Waals surface area contributed by atoms with Crippen molar-refractivity contribution in [2.24, 2.45) is 0 Å². The lowest BCUT2D eigenvalue weighted by atomic mass is 10.1. The Morgan fingerprint density at radius 2 is 1.90 bits per heavy atom. The highest BCUT2D eigenvalue weighted by molar-refractivity contribution is 6.35. The van der Waals surface area contributed by atoms with Gasteiger partial charge in [0.15, 0.2) is 11.6 Å². The van der Waals surface area contributed by atoms with Crippen LogP contribution in [0.2, 0.25) is 5.02 Å². The van der Waals surface area contributed by atoms with Crippen molar-refractivity contribution in [2.75, 3.05) is 23.4 Å². The molecule has 5 rings (SSSR count).